The Balaban J connectivity index is 1.72. The smallest absolute Gasteiger partial charge is 0.243 e. The fourth-order valence-electron chi connectivity index (χ4n) is 3.05. The predicted molar refractivity (Wildman–Crippen MR) is 98.8 cm³/mol. The van der Waals surface area contributed by atoms with Crippen molar-refractivity contribution in [2.24, 2.45) is 4.99 Å². The number of ether oxygens (including phenoxy) is 2. The lowest BCUT2D eigenvalue weighted by Crippen LogP contribution is -2.45. The van der Waals surface area contributed by atoms with Crippen molar-refractivity contribution in [2.75, 3.05) is 47.0 Å². The number of carbonyl (C=O) groups is 1. The SMILES string of the molecule is CN(C)C(=O)CN=C(NCCCOC1CCOC1)NC1CCCCC1. The third kappa shape index (κ3) is 8.05. The molecule has 1 aliphatic heterocycles. The number of rotatable bonds is 8. The maximum Gasteiger partial charge on any atom is 0.243 e. The number of guanidine groups is 1. The highest BCUT2D eigenvalue weighted by molar-refractivity contribution is 5.84. The first-order valence-electron chi connectivity index (χ1n) is 9.59. The Labute approximate surface area is 151 Å². The molecule has 2 rings (SSSR count). The summed E-state index contributed by atoms with van der Waals surface area (Å²) in [5, 5.41) is 6.83. The van der Waals surface area contributed by atoms with E-state index in [0.717, 1.165) is 38.6 Å². The largest absolute Gasteiger partial charge is 0.379 e. The Morgan fingerprint density at radius 3 is 2.72 bits per heavy atom. The summed E-state index contributed by atoms with van der Waals surface area (Å²) < 4.78 is 11.1. The zero-order valence-electron chi connectivity index (χ0n) is 15.8. The van der Waals surface area contributed by atoms with Gasteiger partial charge in [0.1, 0.15) is 6.54 Å². The van der Waals surface area contributed by atoms with Gasteiger partial charge in [0.25, 0.3) is 0 Å². The van der Waals surface area contributed by atoms with Crippen LogP contribution >= 0.6 is 0 Å². The molecule has 1 atom stereocenters. The molecule has 1 amide bonds. The Hall–Kier alpha value is -1.34. The minimum atomic E-state index is 0.00862. The molecule has 1 saturated heterocycles. The number of likely N-dealkylation sites (N-methyl/N-ethyl adjacent to an activating group) is 1. The molecule has 144 valence electrons. The van der Waals surface area contributed by atoms with Crippen LogP contribution in [0.5, 0.6) is 0 Å². The van der Waals surface area contributed by atoms with Gasteiger partial charge in [-0.3, -0.25) is 4.79 Å². The third-order valence-corrected chi connectivity index (χ3v) is 4.67. The minimum Gasteiger partial charge on any atom is -0.379 e. The number of aliphatic imine (C=N–C) groups is 1. The van der Waals surface area contributed by atoms with Crippen LogP contribution in [0, 0.1) is 0 Å². The molecule has 0 aromatic rings. The van der Waals surface area contributed by atoms with Gasteiger partial charge in [-0.2, -0.15) is 0 Å². The van der Waals surface area contributed by atoms with Crippen molar-refractivity contribution in [1.82, 2.24) is 15.5 Å². The molecule has 25 heavy (non-hydrogen) atoms. The highest BCUT2D eigenvalue weighted by atomic mass is 16.5. The van der Waals surface area contributed by atoms with Crippen LogP contribution < -0.4 is 10.6 Å². The Morgan fingerprint density at radius 2 is 2.04 bits per heavy atom. The molecule has 1 heterocycles. The van der Waals surface area contributed by atoms with E-state index in [-0.39, 0.29) is 18.6 Å². The second-order valence-corrected chi connectivity index (χ2v) is 7.07. The van der Waals surface area contributed by atoms with E-state index in [4.69, 9.17) is 9.47 Å². The van der Waals surface area contributed by atoms with Crippen LogP contribution in [0.15, 0.2) is 4.99 Å². The van der Waals surface area contributed by atoms with Gasteiger partial charge in [0.15, 0.2) is 5.96 Å². The molecular weight excluding hydrogens is 320 g/mol. The monoisotopic (exact) mass is 354 g/mol. The minimum absolute atomic E-state index is 0.00862. The molecule has 0 aromatic carbocycles. The number of hydrogen-bond acceptors (Lipinski definition) is 4. The zero-order chi connectivity index (χ0) is 17.9. The van der Waals surface area contributed by atoms with E-state index in [0.29, 0.717) is 12.6 Å². The van der Waals surface area contributed by atoms with Crippen LogP contribution in [0.4, 0.5) is 0 Å². The van der Waals surface area contributed by atoms with E-state index in [9.17, 15) is 4.79 Å². The van der Waals surface area contributed by atoms with Crippen LogP contribution in [0.3, 0.4) is 0 Å². The number of nitrogens with one attached hydrogen (secondary N) is 2. The maximum atomic E-state index is 11.8. The van der Waals surface area contributed by atoms with Crippen molar-refractivity contribution in [2.45, 2.75) is 57.1 Å². The third-order valence-electron chi connectivity index (χ3n) is 4.67. The first kappa shape index (κ1) is 20.0. The van der Waals surface area contributed by atoms with Crippen molar-refractivity contribution < 1.29 is 14.3 Å². The number of amides is 1. The summed E-state index contributed by atoms with van der Waals surface area (Å²) in [4.78, 5) is 17.8. The van der Waals surface area contributed by atoms with Gasteiger partial charge in [-0.1, -0.05) is 19.3 Å². The molecule has 7 heteroatoms. The van der Waals surface area contributed by atoms with Crippen molar-refractivity contribution in [3.8, 4) is 0 Å². The van der Waals surface area contributed by atoms with Gasteiger partial charge in [-0.05, 0) is 25.7 Å². The van der Waals surface area contributed by atoms with Crippen molar-refractivity contribution in [3.05, 3.63) is 0 Å². The van der Waals surface area contributed by atoms with Crippen LogP contribution in [0.1, 0.15) is 44.9 Å². The van der Waals surface area contributed by atoms with Crippen molar-refractivity contribution >= 4 is 11.9 Å². The lowest BCUT2D eigenvalue weighted by Gasteiger charge is -2.25. The molecule has 0 spiro atoms. The molecule has 2 fully saturated rings. The second-order valence-electron chi connectivity index (χ2n) is 7.07. The molecule has 0 aromatic heterocycles. The van der Waals surface area contributed by atoms with Gasteiger partial charge >= 0.3 is 0 Å². The number of hydrogen-bond donors (Lipinski definition) is 2. The summed E-state index contributed by atoms with van der Waals surface area (Å²) in [6, 6.07) is 0.460. The van der Waals surface area contributed by atoms with E-state index in [1.54, 1.807) is 19.0 Å². The molecule has 1 aliphatic carbocycles. The van der Waals surface area contributed by atoms with Gasteiger partial charge in [-0.15, -0.1) is 0 Å². The summed E-state index contributed by atoms with van der Waals surface area (Å²) in [6.45, 7) is 3.20. The summed E-state index contributed by atoms with van der Waals surface area (Å²) >= 11 is 0. The number of nitrogens with zero attached hydrogens (tertiary/aromatic N) is 2. The topological polar surface area (TPSA) is 75.2 Å². The lowest BCUT2D eigenvalue weighted by molar-refractivity contribution is -0.127. The molecule has 1 unspecified atom stereocenters. The molecule has 1 saturated carbocycles. The van der Waals surface area contributed by atoms with E-state index in [1.807, 2.05) is 0 Å². The van der Waals surface area contributed by atoms with Crippen molar-refractivity contribution in [1.29, 1.82) is 0 Å². The fourth-order valence-corrected chi connectivity index (χ4v) is 3.05. The van der Waals surface area contributed by atoms with E-state index in [2.05, 4.69) is 15.6 Å². The Bertz CT molecular complexity index is 417. The van der Waals surface area contributed by atoms with E-state index >= 15 is 0 Å². The predicted octanol–water partition coefficient (Wildman–Crippen LogP) is 1.14. The molecule has 0 radical (unpaired) electrons. The highest BCUT2D eigenvalue weighted by Gasteiger charge is 2.16. The lowest BCUT2D eigenvalue weighted by atomic mass is 9.96. The average Bonchev–Trinajstić information content (AvgIpc) is 3.13. The standard InChI is InChI=1S/C18H34N4O3/c1-22(2)17(23)13-20-18(21-15-7-4-3-5-8-15)19-10-6-11-25-16-9-12-24-14-16/h15-16H,3-14H2,1-2H3,(H2,19,20,21). The molecule has 2 aliphatic rings. The van der Waals surface area contributed by atoms with Gasteiger partial charge in [0, 0.05) is 39.9 Å². The second kappa shape index (κ2) is 11.3. The first-order chi connectivity index (χ1) is 12.1. The summed E-state index contributed by atoms with van der Waals surface area (Å²) in [6.07, 6.45) is 8.35. The quantitative estimate of drug-likeness (QED) is 0.388. The van der Waals surface area contributed by atoms with Gasteiger partial charge in [-0.25, -0.2) is 4.99 Å². The van der Waals surface area contributed by atoms with Gasteiger partial charge < -0.3 is 25.0 Å². The molecule has 7 nitrogen and oxygen atoms in total. The summed E-state index contributed by atoms with van der Waals surface area (Å²) in [7, 11) is 3.51. The fraction of sp³-hybridized carbons (Fsp3) is 0.889. The first-order valence-corrected chi connectivity index (χ1v) is 9.59. The highest BCUT2D eigenvalue weighted by Crippen LogP contribution is 2.17. The normalized spacial score (nSPS) is 22.0. The van der Waals surface area contributed by atoms with Crippen LogP contribution in [-0.2, 0) is 14.3 Å². The number of carbonyl (C=O) groups excluding carboxylic acids is 1. The zero-order valence-corrected chi connectivity index (χ0v) is 15.8. The van der Waals surface area contributed by atoms with Crippen LogP contribution in [-0.4, -0.2) is 75.9 Å². The van der Waals surface area contributed by atoms with Crippen molar-refractivity contribution in [3.63, 3.8) is 0 Å². The summed E-state index contributed by atoms with van der Waals surface area (Å²) in [5.41, 5.74) is 0. The summed E-state index contributed by atoms with van der Waals surface area (Å²) in [5.74, 6) is 0.751. The van der Waals surface area contributed by atoms with Gasteiger partial charge in [0.2, 0.25) is 5.91 Å². The Morgan fingerprint density at radius 1 is 1.24 bits per heavy atom. The molecule has 0 bridgehead atoms. The van der Waals surface area contributed by atoms with Crippen LogP contribution in [0.2, 0.25) is 0 Å². The van der Waals surface area contributed by atoms with Gasteiger partial charge in [0.05, 0.1) is 12.7 Å². The van der Waals surface area contributed by atoms with Crippen LogP contribution in [0.25, 0.3) is 0 Å². The maximum absolute atomic E-state index is 11.8. The van der Waals surface area contributed by atoms with E-state index < -0.39 is 0 Å². The van der Waals surface area contributed by atoms with E-state index in [1.165, 1.54) is 32.1 Å². The molecule has 2 N–H and O–H groups in total. The average molecular weight is 354 g/mol. The Kier molecular flexibility index (Phi) is 9.04. The molecular formula is C18H34N4O3.